The lowest BCUT2D eigenvalue weighted by Crippen LogP contribution is -2.07. The molecule has 0 heterocycles. The van der Waals surface area contributed by atoms with Gasteiger partial charge in [0.25, 0.3) is 0 Å². The van der Waals surface area contributed by atoms with E-state index >= 15 is 0 Å². The molecule has 1 aromatic rings. The van der Waals surface area contributed by atoms with Crippen molar-refractivity contribution >= 4 is 5.97 Å². The molecule has 25 heavy (non-hydrogen) atoms. The zero-order chi connectivity index (χ0) is 18.5. The van der Waals surface area contributed by atoms with E-state index in [0.29, 0.717) is 25.2 Å². The molecule has 3 nitrogen and oxygen atoms in total. The number of benzene rings is 1. The molecule has 0 atom stereocenters. The lowest BCUT2D eigenvalue weighted by atomic mass is 10.0. The summed E-state index contributed by atoms with van der Waals surface area (Å²) in [5.74, 6) is 0.259. The molecule has 1 N–H and O–H groups in total. The van der Waals surface area contributed by atoms with E-state index in [1.807, 2.05) is 26.0 Å². The molecule has 0 amide bonds. The van der Waals surface area contributed by atoms with Gasteiger partial charge in [0.05, 0.1) is 6.61 Å². The van der Waals surface area contributed by atoms with Gasteiger partial charge in [-0.3, -0.25) is 4.79 Å². The Labute approximate surface area is 153 Å². The second-order valence-electron chi connectivity index (χ2n) is 6.97. The number of phenols is 1. The SMILES string of the molecule is CCCCCCCCCCOC(=O)CCc1cc(C)c(O)c(CC)c1. The van der Waals surface area contributed by atoms with Crippen LogP contribution in [0.4, 0.5) is 0 Å². The first kappa shape index (κ1) is 21.5. The monoisotopic (exact) mass is 348 g/mol. The largest absolute Gasteiger partial charge is 0.507 e. The first-order valence-electron chi connectivity index (χ1n) is 10.1. The van der Waals surface area contributed by atoms with Gasteiger partial charge in [0.2, 0.25) is 0 Å². The molecule has 0 saturated carbocycles. The number of unbranched alkanes of at least 4 members (excludes halogenated alkanes) is 7. The topological polar surface area (TPSA) is 46.5 Å². The van der Waals surface area contributed by atoms with Crippen LogP contribution in [0.5, 0.6) is 5.75 Å². The van der Waals surface area contributed by atoms with E-state index in [-0.39, 0.29) is 5.97 Å². The van der Waals surface area contributed by atoms with Gasteiger partial charge in [-0.05, 0) is 42.9 Å². The number of esters is 1. The molecule has 0 aliphatic heterocycles. The summed E-state index contributed by atoms with van der Waals surface area (Å²) in [6.45, 7) is 6.71. The lowest BCUT2D eigenvalue weighted by molar-refractivity contribution is -0.143. The minimum absolute atomic E-state index is 0.119. The van der Waals surface area contributed by atoms with E-state index in [1.54, 1.807) is 0 Å². The fraction of sp³-hybridized carbons (Fsp3) is 0.682. The van der Waals surface area contributed by atoms with Crippen LogP contribution in [0.3, 0.4) is 0 Å². The highest BCUT2D eigenvalue weighted by atomic mass is 16.5. The molecular weight excluding hydrogens is 312 g/mol. The smallest absolute Gasteiger partial charge is 0.306 e. The Balaban J connectivity index is 2.14. The molecule has 0 radical (unpaired) electrons. The molecule has 0 aliphatic rings. The molecule has 0 bridgehead atoms. The molecule has 142 valence electrons. The van der Waals surface area contributed by atoms with Crippen molar-refractivity contribution in [1.82, 2.24) is 0 Å². The summed E-state index contributed by atoms with van der Waals surface area (Å²) in [7, 11) is 0. The summed E-state index contributed by atoms with van der Waals surface area (Å²) in [5, 5.41) is 9.96. The number of hydrogen-bond acceptors (Lipinski definition) is 3. The molecule has 3 heteroatoms. The number of carbonyl (C=O) groups is 1. The maximum atomic E-state index is 11.9. The Morgan fingerprint density at radius 2 is 1.64 bits per heavy atom. The number of aromatic hydroxyl groups is 1. The number of phenolic OH excluding ortho intramolecular Hbond substituents is 1. The van der Waals surface area contributed by atoms with Crippen molar-refractivity contribution < 1.29 is 14.6 Å². The van der Waals surface area contributed by atoms with Crippen molar-refractivity contribution in [1.29, 1.82) is 0 Å². The van der Waals surface area contributed by atoms with Crippen LogP contribution >= 0.6 is 0 Å². The standard InChI is InChI=1S/C22H36O3/c1-4-6-7-8-9-10-11-12-15-25-21(23)14-13-19-16-18(3)22(24)20(5-2)17-19/h16-17,24H,4-15H2,1-3H3. The summed E-state index contributed by atoms with van der Waals surface area (Å²) >= 11 is 0. The van der Waals surface area contributed by atoms with Gasteiger partial charge in [-0.25, -0.2) is 0 Å². The highest BCUT2D eigenvalue weighted by Crippen LogP contribution is 2.25. The van der Waals surface area contributed by atoms with Crippen molar-refractivity contribution in [3.8, 4) is 5.75 Å². The highest BCUT2D eigenvalue weighted by molar-refractivity contribution is 5.69. The van der Waals surface area contributed by atoms with Crippen LogP contribution in [-0.2, 0) is 22.4 Å². The Morgan fingerprint density at radius 1 is 1.00 bits per heavy atom. The normalized spacial score (nSPS) is 10.8. The summed E-state index contributed by atoms with van der Waals surface area (Å²) in [5.41, 5.74) is 2.92. The van der Waals surface area contributed by atoms with E-state index < -0.39 is 0 Å². The second-order valence-corrected chi connectivity index (χ2v) is 6.97. The van der Waals surface area contributed by atoms with E-state index in [9.17, 15) is 9.90 Å². The fourth-order valence-electron chi connectivity index (χ4n) is 3.09. The van der Waals surface area contributed by atoms with Gasteiger partial charge in [0.15, 0.2) is 0 Å². The van der Waals surface area contributed by atoms with Crippen LogP contribution in [0.2, 0.25) is 0 Å². The van der Waals surface area contributed by atoms with Crippen LogP contribution in [0.15, 0.2) is 12.1 Å². The summed E-state index contributed by atoms with van der Waals surface area (Å²) in [6, 6.07) is 3.95. The lowest BCUT2D eigenvalue weighted by Gasteiger charge is -2.10. The quantitative estimate of drug-likeness (QED) is 0.358. The van der Waals surface area contributed by atoms with Gasteiger partial charge >= 0.3 is 5.97 Å². The third-order valence-electron chi connectivity index (χ3n) is 4.70. The van der Waals surface area contributed by atoms with Gasteiger partial charge in [-0.1, -0.05) is 70.9 Å². The predicted molar refractivity (Wildman–Crippen MR) is 104 cm³/mol. The summed E-state index contributed by atoms with van der Waals surface area (Å²) < 4.78 is 5.33. The second kappa shape index (κ2) is 12.8. The Hall–Kier alpha value is -1.51. The van der Waals surface area contributed by atoms with Crippen LogP contribution in [0.25, 0.3) is 0 Å². The van der Waals surface area contributed by atoms with Crippen molar-refractivity contribution in [2.24, 2.45) is 0 Å². The molecule has 0 saturated heterocycles. The number of hydrogen-bond donors (Lipinski definition) is 1. The number of ether oxygens (including phenoxy) is 1. The van der Waals surface area contributed by atoms with E-state index in [4.69, 9.17) is 4.74 Å². The van der Waals surface area contributed by atoms with Crippen molar-refractivity contribution in [3.05, 3.63) is 28.8 Å². The summed E-state index contributed by atoms with van der Waals surface area (Å²) in [4.78, 5) is 11.9. The highest BCUT2D eigenvalue weighted by Gasteiger charge is 2.08. The number of aryl methyl sites for hydroxylation is 3. The number of rotatable bonds is 13. The molecule has 0 spiro atoms. The van der Waals surface area contributed by atoms with Gasteiger partial charge < -0.3 is 9.84 Å². The van der Waals surface area contributed by atoms with Crippen molar-refractivity contribution in [3.63, 3.8) is 0 Å². The fourth-order valence-corrected chi connectivity index (χ4v) is 3.09. The molecule has 0 aromatic heterocycles. The minimum atomic E-state index is -0.119. The van der Waals surface area contributed by atoms with Crippen molar-refractivity contribution in [2.75, 3.05) is 6.61 Å². The zero-order valence-corrected chi connectivity index (χ0v) is 16.4. The molecular formula is C22H36O3. The van der Waals surface area contributed by atoms with Gasteiger partial charge in [-0.15, -0.1) is 0 Å². The van der Waals surface area contributed by atoms with E-state index in [1.165, 1.54) is 38.5 Å². The van der Waals surface area contributed by atoms with Crippen molar-refractivity contribution in [2.45, 2.75) is 91.4 Å². The number of carbonyl (C=O) groups excluding carboxylic acids is 1. The maximum Gasteiger partial charge on any atom is 0.306 e. The zero-order valence-electron chi connectivity index (χ0n) is 16.4. The first-order chi connectivity index (χ1) is 12.1. The van der Waals surface area contributed by atoms with Crippen LogP contribution < -0.4 is 0 Å². The van der Waals surface area contributed by atoms with Crippen LogP contribution in [0.1, 0.15) is 88.3 Å². The molecule has 1 rings (SSSR count). The van der Waals surface area contributed by atoms with Gasteiger partial charge in [0.1, 0.15) is 5.75 Å². The van der Waals surface area contributed by atoms with E-state index in [2.05, 4.69) is 6.92 Å². The third-order valence-corrected chi connectivity index (χ3v) is 4.70. The molecule has 0 unspecified atom stereocenters. The average molecular weight is 349 g/mol. The maximum absolute atomic E-state index is 11.9. The Bertz CT molecular complexity index is 508. The first-order valence-corrected chi connectivity index (χ1v) is 10.1. The molecule has 0 fully saturated rings. The van der Waals surface area contributed by atoms with E-state index in [0.717, 1.165) is 36.0 Å². The predicted octanol–water partition coefficient (Wildman–Crippen LogP) is 5.88. The van der Waals surface area contributed by atoms with Crippen LogP contribution in [-0.4, -0.2) is 17.7 Å². The van der Waals surface area contributed by atoms with Crippen LogP contribution in [0, 0.1) is 6.92 Å². The Morgan fingerprint density at radius 3 is 2.28 bits per heavy atom. The average Bonchev–Trinajstić information content (AvgIpc) is 2.61. The minimum Gasteiger partial charge on any atom is -0.507 e. The third kappa shape index (κ3) is 8.94. The Kier molecular flexibility index (Phi) is 11.0. The summed E-state index contributed by atoms with van der Waals surface area (Å²) in [6.07, 6.45) is 11.9. The van der Waals surface area contributed by atoms with Gasteiger partial charge in [0, 0.05) is 6.42 Å². The molecule has 1 aromatic carbocycles. The van der Waals surface area contributed by atoms with Gasteiger partial charge in [-0.2, -0.15) is 0 Å². The molecule has 0 aliphatic carbocycles.